The van der Waals surface area contributed by atoms with E-state index in [0.717, 1.165) is 5.56 Å². The third kappa shape index (κ3) is 4.53. The molecule has 0 saturated heterocycles. The van der Waals surface area contributed by atoms with Gasteiger partial charge in [0.05, 0.1) is 13.0 Å². The Morgan fingerprint density at radius 2 is 1.72 bits per heavy atom. The molecule has 25 heavy (non-hydrogen) atoms. The number of Topliss-reactive ketones (excluding diaryl/α,β-unsaturated/α-hetero) is 1. The Kier molecular flexibility index (Phi) is 5.73. The molecule has 2 rings (SSSR count). The molecule has 0 saturated carbocycles. The topological polar surface area (TPSA) is 60.4 Å². The molecule has 4 heteroatoms. The fraction of sp³-hybridized carbons (Fsp3) is 0.381. The number of esters is 1. The number of hydrogen-bond donors (Lipinski definition) is 0. The Labute approximate surface area is 148 Å². The zero-order valence-corrected chi connectivity index (χ0v) is 15.2. The number of hydrogen-bond acceptors (Lipinski definition) is 4. The van der Waals surface area contributed by atoms with Gasteiger partial charge in [-0.1, -0.05) is 44.2 Å². The molecule has 0 aliphatic heterocycles. The van der Waals surface area contributed by atoms with Gasteiger partial charge in [0.25, 0.3) is 0 Å². The summed E-state index contributed by atoms with van der Waals surface area (Å²) in [6.45, 7) is 7.35. The van der Waals surface area contributed by atoms with Crippen LogP contribution in [0, 0.1) is 5.41 Å². The van der Waals surface area contributed by atoms with E-state index in [0.29, 0.717) is 23.1 Å². The number of carbonyl (C=O) groups excluding carboxylic acids is 3. The lowest BCUT2D eigenvalue weighted by molar-refractivity contribution is -0.143. The van der Waals surface area contributed by atoms with Gasteiger partial charge in [0.15, 0.2) is 11.6 Å². The fourth-order valence-corrected chi connectivity index (χ4v) is 3.13. The smallest absolute Gasteiger partial charge is 0.310 e. The predicted molar refractivity (Wildman–Crippen MR) is 96.0 cm³/mol. The fourth-order valence-electron chi connectivity index (χ4n) is 3.13. The number of carbonyl (C=O) groups is 3. The number of ketones is 2. The van der Waals surface area contributed by atoms with Crippen LogP contribution in [0.15, 0.2) is 53.1 Å². The Hall–Kier alpha value is -2.49. The van der Waals surface area contributed by atoms with E-state index in [1.54, 1.807) is 13.8 Å². The molecular weight excluding hydrogens is 316 g/mol. The van der Waals surface area contributed by atoms with E-state index in [-0.39, 0.29) is 30.6 Å². The lowest BCUT2D eigenvalue weighted by Gasteiger charge is -2.30. The van der Waals surface area contributed by atoms with Gasteiger partial charge in [-0.05, 0) is 37.3 Å². The average molecular weight is 340 g/mol. The summed E-state index contributed by atoms with van der Waals surface area (Å²) in [7, 11) is 0. The molecule has 0 unspecified atom stereocenters. The van der Waals surface area contributed by atoms with Gasteiger partial charge >= 0.3 is 5.97 Å². The van der Waals surface area contributed by atoms with Crippen LogP contribution in [0.5, 0.6) is 0 Å². The Morgan fingerprint density at radius 3 is 2.36 bits per heavy atom. The third-order valence-corrected chi connectivity index (χ3v) is 4.53. The second kappa shape index (κ2) is 7.60. The second-order valence-corrected chi connectivity index (χ2v) is 7.04. The number of allylic oxidation sites excluding steroid dienone is 4. The van der Waals surface area contributed by atoms with Gasteiger partial charge in [0, 0.05) is 16.7 Å². The average Bonchev–Trinajstić information content (AvgIpc) is 2.53. The Morgan fingerprint density at radius 1 is 1.08 bits per heavy atom. The minimum Gasteiger partial charge on any atom is -0.465 e. The van der Waals surface area contributed by atoms with Gasteiger partial charge in [0.2, 0.25) is 0 Å². The van der Waals surface area contributed by atoms with E-state index in [9.17, 15) is 14.4 Å². The molecule has 4 nitrogen and oxygen atoms in total. The van der Waals surface area contributed by atoms with Crippen LogP contribution in [-0.2, 0) is 25.5 Å². The van der Waals surface area contributed by atoms with Crippen LogP contribution in [0.3, 0.4) is 0 Å². The maximum Gasteiger partial charge on any atom is 0.310 e. The summed E-state index contributed by atoms with van der Waals surface area (Å²) in [4.78, 5) is 36.4. The number of ether oxygens (including phenoxy) is 1. The summed E-state index contributed by atoms with van der Waals surface area (Å²) in [5, 5.41) is 0. The highest BCUT2D eigenvalue weighted by molar-refractivity contribution is 6.22. The van der Waals surface area contributed by atoms with Crippen LogP contribution in [0.25, 0.3) is 0 Å². The van der Waals surface area contributed by atoms with Crippen molar-refractivity contribution < 1.29 is 19.1 Å². The molecule has 1 aromatic rings. The SMILES string of the molecule is CC1=CC(=O)C(C(C)(C)CCOC(=O)Cc2ccccc2)=C(C)C1=O. The molecule has 0 fully saturated rings. The van der Waals surface area contributed by atoms with Crippen molar-refractivity contribution in [2.45, 2.75) is 40.5 Å². The van der Waals surface area contributed by atoms with E-state index in [1.165, 1.54) is 6.08 Å². The van der Waals surface area contributed by atoms with Gasteiger partial charge in [0.1, 0.15) is 0 Å². The van der Waals surface area contributed by atoms with Gasteiger partial charge in [-0.2, -0.15) is 0 Å². The highest BCUT2D eigenvalue weighted by atomic mass is 16.5. The molecule has 0 amide bonds. The summed E-state index contributed by atoms with van der Waals surface area (Å²) in [6, 6.07) is 9.40. The largest absolute Gasteiger partial charge is 0.465 e. The maximum absolute atomic E-state index is 12.4. The zero-order chi connectivity index (χ0) is 18.6. The van der Waals surface area contributed by atoms with Gasteiger partial charge < -0.3 is 4.74 Å². The van der Waals surface area contributed by atoms with E-state index in [1.807, 2.05) is 44.2 Å². The van der Waals surface area contributed by atoms with Crippen molar-refractivity contribution >= 4 is 17.5 Å². The molecular formula is C21H24O4. The highest BCUT2D eigenvalue weighted by Crippen LogP contribution is 2.36. The predicted octanol–water partition coefficient (Wildman–Crippen LogP) is 3.60. The molecule has 1 aliphatic carbocycles. The van der Waals surface area contributed by atoms with Gasteiger partial charge in [-0.3, -0.25) is 14.4 Å². The van der Waals surface area contributed by atoms with Gasteiger partial charge in [-0.15, -0.1) is 0 Å². The third-order valence-electron chi connectivity index (χ3n) is 4.53. The monoisotopic (exact) mass is 340 g/mol. The second-order valence-electron chi connectivity index (χ2n) is 7.04. The molecule has 0 atom stereocenters. The van der Waals surface area contributed by atoms with E-state index in [4.69, 9.17) is 4.74 Å². The molecule has 132 valence electrons. The van der Waals surface area contributed by atoms with Crippen molar-refractivity contribution in [2.24, 2.45) is 5.41 Å². The zero-order valence-electron chi connectivity index (χ0n) is 15.2. The first-order chi connectivity index (χ1) is 11.7. The molecule has 1 aliphatic rings. The Bertz CT molecular complexity index is 751. The van der Waals surface area contributed by atoms with Crippen LogP contribution in [0.1, 0.15) is 39.7 Å². The first kappa shape index (κ1) is 18.8. The maximum atomic E-state index is 12.4. The molecule has 0 spiro atoms. The summed E-state index contributed by atoms with van der Waals surface area (Å²) in [6.07, 6.45) is 2.10. The molecule has 0 heterocycles. The van der Waals surface area contributed by atoms with Crippen molar-refractivity contribution in [3.05, 3.63) is 58.7 Å². The van der Waals surface area contributed by atoms with Crippen LogP contribution >= 0.6 is 0 Å². The molecule has 0 radical (unpaired) electrons. The van der Waals surface area contributed by atoms with Crippen molar-refractivity contribution in [3.63, 3.8) is 0 Å². The molecule has 1 aromatic carbocycles. The van der Waals surface area contributed by atoms with E-state index in [2.05, 4.69) is 0 Å². The molecule has 0 bridgehead atoms. The van der Waals surface area contributed by atoms with Crippen molar-refractivity contribution in [1.29, 1.82) is 0 Å². The van der Waals surface area contributed by atoms with Crippen LogP contribution in [-0.4, -0.2) is 24.1 Å². The lowest BCUT2D eigenvalue weighted by atomic mass is 9.73. The van der Waals surface area contributed by atoms with E-state index >= 15 is 0 Å². The number of benzene rings is 1. The van der Waals surface area contributed by atoms with Crippen LogP contribution in [0.4, 0.5) is 0 Å². The summed E-state index contributed by atoms with van der Waals surface area (Å²) >= 11 is 0. The van der Waals surface area contributed by atoms with E-state index < -0.39 is 5.41 Å². The minimum atomic E-state index is -0.541. The molecule has 0 N–H and O–H groups in total. The molecule has 0 aromatic heterocycles. The van der Waals surface area contributed by atoms with Crippen LogP contribution < -0.4 is 0 Å². The summed E-state index contributed by atoms with van der Waals surface area (Å²) < 4.78 is 5.32. The summed E-state index contributed by atoms with van der Waals surface area (Å²) in [5.41, 5.74) is 1.84. The lowest BCUT2D eigenvalue weighted by Crippen LogP contribution is -2.29. The van der Waals surface area contributed by atoms with Crippen molar-refractivity contribution in [2.75, 3.05) is 6.61 Å². The first-order valence-corrected chi connectivity index (χ1v) is 8.40. The minimum absolute atomic E-state index is 0.0938. The first-order valence-electron chi connectivity index (χ1n) is 8.40. The van der Waals surface area contributed by atoms with Gasteiger partial charge in [-0.25, -0.2) is 0 Å². The summed E-state index contributed by atoms with van der Waals surface area (Å²) in [5.74, 6) is -0.520. The highest BCUT2D eigenvalue weighted by Gasteiger charge is 2.34. The quantitative estimate of drug-likeness (QED) is 0.586. The standard InChI is InChI=1S/C21H24O4/c1-14-12-17(22)19(15(2)20(14)24)21(3,4)10-11-25-18(23)13-16-8-6-5-7-9-16/h5-9,12H,10-11,13H2,1-4H3. The van der Waals surface area contributed by atoms with Crippen LogP contribution in [0.2, 0.25) is 0 Å². The Balaban J connectivity index is 1.96. The van der Waals surface area contributed by atoms with Crippen molar-refractivity contribution in [1.82, 2.24) is 0 Å². The number of rotatable bonds is 6. The van der Waals surface area contributed by atoms with Crippen molar-refractivity contribution in [3.8, 4) is 0 Å². The normalized spacial score (nSPS) is 15.3.